The van der Waals surface area contributed by atoms with E-state index in [0.29, 0.717) is 19.1 Å². The van der Waals surface area contributed by atoms with Crippen LogP contribution in [0, 0.1) is 5.92 Å². The van der Waals surface area contributed by atoms with Gasteiger partial charge in [0.2, 0.25) is 0 Å². The van der Waals surface area contributed by atoms with E-state index in [1.54, 1.807) is 6.08 Å². The third kappa shape index (κ3) is 1.68. The van der Waals surface area contributed by atoms with Gasteiger partial charge in [-0.1, -0.05) is 12.2 Å². The molecule has 2 rings (SSSR count). The van der Waals surface area contributed by atoms with Gasteiger partial charge in [-0.05, 0) is 12.0 Å². The van der Waals surface area contributed by atoms with Crippen LogP contribution in [-0.2, 0) is 9.47 Å². The Hall–Kier alpha value is -0.640. The van der Waals surface area contributed by atoms with Gasteiger partial charge in [-0.15, -0.1) is 6.58 Å². The lowest BCUT2D eigenvalue weighted by Crippen LogP contribution is -2.13. The molecule has 1 fully saturated rings. The molecule has 1 saturated heterocycles. The highest BCUT2D eigenvalue weighted by Crippen LogP contribution is 2.36. The van der Waals surface area contributed by atoms with E-state index < -0.39 is 0 Å². The summed E-state index contributed by atoms with van der Waals surface area (Å²) in [5.74, 6) is 0.366. The molecule has 3 unspecified atom stereocenters. The van der Waals surface area contributed by atoms with Gasteiger partial charge in [0, 0.05) is 5.92 Å². The first kappa shape index (κ1) is 8.94. The van der Waals surface area contributed by atoms with Gasteiger partial charge in [0.05, 0.1) is 19.3 Å². The molecule has 1 aliphatic carbocycles. The van der Waals surface area contributed by atoms with Crippen LogP contribution in [-0.4, -0.2) is 30.7 Å². The Morgan fingerprint density at radius 3 is 3.38 bits per heavy atom. The highest BCUT2D eigenvalue weighted by atomic mass is 16.7. The number of ether oxygens (including phenoxy) is 2. The minimum atomic E-state index is -0.307. The van der Waals surface area contributed by atoms with E-state index >= 15 is 0 Å². The fraction of sp³-hybridized carbons (Fsp3) is 0.600. The number of fused-ring (bicyclic) bond motifs is 1. The van der Waals surface area contributed by atoms with Crippen LogP contribution in [0.4, 0.5) is 0 Å². The summed E-state index contributed by atoms with van der Waals surface area (Å²) in [6.07, 6.45) is 3.77. The average Bonchev–Trinajstić information content (AvgIpc) is 2.61. The molecular weight excluding hydrogens is 168 g/mol. The maximum Gasteiger partial charge on any atom is 0.180 e. The van der Waals surface area contributed by atoms with Crippen LogP contribution in [0.25, 0.3) is 0 Å². The molecule has 0 bridgehead atoms. The largest absolute Gasteiger partial charge is 0.389 e. The van der Waals surface area contributed by atoms with Crippen LogP contribution < -0.4 is 0 Å². The second-order valence-corrected chi connectivity index (χ2v) is 3.45. The summed E-state index contributed by atoms with van der Waals surface area (Å²) in [5, 5.41) is 9.37. The maximum atomic E-state index is 9.37. The van der Waals surface area contributed by atoms with Gasteiger partial charge in [0.25, 0.3) is 0 Å². The number of hydrogen-bond donors (Lipinski definition) is 1. The summed E-state index contributed by atoms with van der Waals surface area (Å²) in [4.78, 5) is 0. The van der Waals surface area contributed by atoms with E-state index in [2.05, 4.69) is 6.58 Å². The first-order chi connectivity index (χ1) is 6.31. The molecule has 0 saturated carbocycles. The molecular formula is C10H14O3. The predicted octanol–water partition coefficient (Wildman–Crippen LogP) is 0.853. The van der Waals surface area contributed by atoms with Gasteiger partial charge in [-0.3, -0.25) is 0 Å². The van der Waals surface area contributed by atoms with Crippen molar-refractivity contribution in [3.63, 3.8) is 0 Å². The minimum Gasteiger partial charge on any atom is -0.389 e. The van der Waals surface area contributed by atoms with Crippen molar-refractivity contribution >= 4 is 0 Å². The van der Waals surface area contributed by atoms with E-state index in [9.17, 15) is 5.11 Å². The normalized spacial score (nSPS) is 37.3. The molecule has 13 heavy (non-hydrogen) atoms. The molecule has 0 amide bonds. The van der Waals surface area contributed by atoms with Crippen molar-refractivity contribution in [2.75, 3.05) is 13.2 Å². The highest BCUT2D eigenvalue weighted by Gasteiger charge is 2.37. The van der Waals surface area contributed by atoms with E-state index in [-0.39, 0.29) is 12.4 Å². The molecule has 3 atom stereocenters. The molecule has 2 aliphatic rings. The molecule has 0 aromatic heterocycles. The van der Waals surface area contributed by atoms with Crippen molar-refractivity contribution in [2.24, 2.45) is 5.92 Å². The molecule has 3 heteroatoms. The Morgan fingerprint density at radius 1 is 1.77 bits per heavy atom. The predicted molar refractivity (Wildman–Crippen MR) is 48.1 cm³/mol. The van der Waals surface area contributed by atoms with Gasteiger partial charge < -0.3 is 14.6 Å². The first-order valence-corrected chi connectivity index (χ1v) is 4.55. The smallest absolute Gasteiger partial charge is 0.180 e. The van der Waals surface area contributed by atoms with Crippen LogP contribution in [0.1, 0.15) is 6.42 Å². The summed E-state index contributed by atoms with van der Waals surface area (Å²) in [7, 11) is 0. The molecule has 3 nitrogen and oxygen atoms in total. The van der Waals surface area contributed by atoms with Crippen molar-refractivity contribution in [3.8, 4) is 0 Å². The summed E-state index contributed by atoms with van der Waals surface area (Å²) in [5.41, 5.74) is 1.11. The zero-order valence-electron chi connectivity index (χ0n) is 7.48. The molecule has 1 heterocycles. The standard InChI is InChI=1S/C10H14O3/c1-2-3-12-10-9-5-8(11)4-7(9)6-13-10/h2,5,7-8,10-11H,1,3-4,6H2. The first-order valence-electron chi connectivity index (χ1n) is 4.55. The monoisotopic (exact) mass is 182 g/mol. The Morgan fingerprint density at radius 2 is 2.62 bits per heavy atom. The van der Waals surface area contributed by atoms with Gasteiger partial charge in [0.1, 0.15) is 0 Å². The number of aliphatic hydroxyl groups is 1. The lowest BCUT2D eigenvalue weighted by molar-refractivity contribution is -0.0853. The van der Waals surface area contributed by atoms with Gasteiger partial charge >= 0.3 is 0 Å². The second kappa shape index (κ2) is 3.62. The van der Waals surface area contributed by atoms with E-state index in [0.717, 1.165) is 12.0 Å². The van der Waals surface area contributed by atoms with Gasteiger partial charge in [0.15, 0.2) is 6.29 Å². The Kier molecular flexibility index (Phi) is 2.49. The summed E-state index contributed by atoms with van der Waals surface area (Å²) >= 11 is 0. The Balaban J connectivity index is 1.99. The summed E-state index contributed by atoms with van der Waals surface area (Å²) < 4.78 is 10.8. The third-order valence-electron chi connectivity index (χ3n) is 2.47. The van der Waals surface area contributed by atoms with Crippen molar-refractivity contribution in [3.05, 3.63) is 24.3 Å². The number of rotatable bonds is 3. The maximum absolute atomic E-state index is 9.37. The van der Waals surface area contributed by atoms with Crippen LogP contribution in [0.3, 0.4) is 0 Å². The van der Waals surface area contributed by atoms with Gasteiger partial charge in [-0.25, -0.2) is 0 Å². The van der Waals surface area contributed by atoms with Crippen molar-refractivity contribution in [1.29, 1.82) is 0 Å². The molecule has 0 aromatic rings. The van der Waals surface area contributed by atoms with Crippen LogP contribution in [0.15, 0.2) is 24.3 Å². The number of hydrogen-bond acceptors (Lipinski definition) is 3. The zero-order valence-corrected chi connectivity index (χ0v) is 7.48. The second-order valence-electron chi connectivity index (χ2n) is 3.45. The van der Waals surface area contributed by atoms with E-state index in [4.69, 9.17) is 9.47 Å². The van der Waals surface area contributed by atoms with Crippen molar-refractivity contribution in [2.45, 2.75) is 18.8 Å². The molecule has 0 spiro atoms. The molecule has 1 aliphatic heterocycles. The molecule has 1 N–H and O–H groups in total. The summed E-state index contributed by atoms with van der Waals surface area (Å²) in [6, 6.07) is 0. The average molecular weight is 182 g/mol. The molecule has 0 aromatic carbocycles. The van der Waals surface area contributed by atoms with Crippen LogP contribution in [0.2, 0.25) is 0 Å². The third-order valence-corrected chi connectivity index (χ3v) is 2.47. The van der Waals surface area contributed by atoms with Crippen molar-refractivity contribution in [1.82, 2.24) is 0 Å². The van der Waals surface area contributed by atoms with Crippen LogP contribution in [0.5, 0.6) is 0 Å². The quantitative estimate of drug-likeness (QED) is 0.658. The zero-order chi connectivity index (χ0) is 9.26. The van der Waals surface area contributed by atoms with Crippen LogP contribution >= 0.6 is 0 Å². The molecule has 0 radical (unpaired) electrons. The highest BCUT2D eigenvalue weighted by molar-refractivity contribution is 5.21. The topological polar surface area (TPSA) is 38.7 Å². The summed E-state index contributed by atoms with van der Waals surface area (Å²) in [6.45, 7) is 4.73. The van der Waals surface area contributed by atoms with Crippen molar-refractivity contribution < 1.29 is 14.6 Å². The lowest BCUT2D eigenvalue weighted by atomic mass is 10.1. The van der Waals surface area contributed by atoms with E-state index in [1.165, 1.54) is 0 Å². The fourth-order valence-corrected chi connectivity index (χ4v) is 1.89. The lowest BCUT2D eigenvalue weighted by Gasteiger charge is -2.10. The minimum absolute atomic E-state index is 0.250. The SMILES string of the molecule is C=CCOC1OCC2CC(O)C=C21. The Labute approximate surface area is 77.7 Å². The Bertz CT molecular complexity index is 234. The number of aliphatic hydroxyl groups excluding tert-OH is 1. The molecule has 72 valence electrons. The van der Waals surface area contributed by atoms with E-state index in [1.807, 2.05) is 6.08 Å². The fourth-order valence-electron chi connectivity index (χ4n) is 1.89. The van der Waals surface area contributed by atoms with Gasteiger partial charge in [-0.2, -0.15) is 0 Å².